The Morgan fingerprint density at radius 3 is 2.33 bits per heavy atom. The second-order valence-electron chi connectivity index (χ2n) is 8.32. The Labute approximate surface area is 190 Å². The lowest BCUT2D eigenvalue weighted by molar-refractivity contribution is -0.420. The normalized spacial score (nSPS) is 16.6. The number of aliphatic hydroxyl groups is 3. The molecule has 2 aliphatic carbocycles. The molecule has 0 unspecified atom stereocenters. The second-order valence-corrected chi connectivity index (χ2v) is 8.32. The first-order valence-electron chi connectivity index (χ1n) is 10.6. The monoisotopic (exact) mass is 458 g/mol. The van der Waals surface area contributed by atoms with Crippen LogP contribution in [0.25, 0.3) is 11.1 Å². The van der Waals surface area contributed by atoms with Crippen LogP contribution < -0.4 is 14.2 Å². The largest absolute Gasteiger partial charge is 0.493 e. The number of benzene rings is 2. The molecule has 0 heterocycles. The van der Waals surface area contributed by atoms with E-state index < -0.39 is 17.5 Å². The van der Waals surface area contributed by atoms with E-state index in [1.807, 2.05) is 6.07 Å². The van der Waals surface area contributed by atoms with Gasteiger partial charge in [0.1, 0.15) is 12.0 Å². The molecule has 4 rings (SSSR count). The summed E-state index contributed by atoms with van der Waals surface area (Å²) in [4.78, 5) is 24.7. The molecule has 0 amide bonds. The van der Waals surface area contributed by atoms with Gasteiger partial charge >= 0.3 is 12.1 Å². The SMILES string of the molecule is COC(=O)C1(COc2c(-c3cccc4c3CCC4=O)ccc(OC)c2OC(O)(O)O)CCC1. The summed E-state index contributed by atoms with van der Waals surface area (Å²) in [7, 11) is 2.66. The maximum absolute atomic E-state index is 12.4. The number of carbonyl (C=O) groups excluding carboxylic acids is 2. The number of carbonyl (C=O) groups is 2. The molecule has 9 nitrogen and oxygen atoms in total. The van der Waals surface area contributed by atoms with Crippen molar-refractivity contribution in [1.82, 2.24) is 0 Å². The van der Waals surface area contributed by atoms with E-state index in [4.69, 9.17) is 18.9 Å². The van der Waals surface area contributed by atoms with Gasteiger partial charge in [0.2, 0.25) is 5.75 Å². The van der Waals surface area contributed by atoms with Crippen molar-refractivity contribution in [1.29, 1.82) is 0 Å². The van der Waals surface area contributed by atoms with Gasteiger partial charge in [-0.05, 0) is 42.5 Å². The Morgan fingerprint density at radius 1 is 1.00 bits per heavy atom. The van der Waals surface area contributed by atoms with Crippen LogP contribution in [0.5, 0.6) is 17.2 Å². The smallest absolute Gasteiger partial charge is 0.453 e. The lowest BCUT2D eigenvalue weighted by atomic mass is 9.69. The van der Waals surface area contributed by atoms with Gasteiger partial charge < -0.3 is 34.3 Å². The molecule has 2 aromatic carbocycles. The van der Waals surface area contributed by atoms with Gasteiger partial charge in [0.05, 0.1) is 14.2 Å². The Kier molecular flexibility index (Phi) is 6.04. The van der Waals surface area contributed by atoms with Crippen LogP contribution in [0.15, 0.2) is 30.3 Å². The Balaban J connectivity index is 1.85. The van der Waals surface area contributed by atoms with E-state index in [0.717, 1.165) is 12.0 Å². The van der Waals surface area contributed by atoms with E-state index in [1.165, 1.54) is 20.3 Å². The molecule has 3 N–H and O–H groups in total. The van der Waals surface area contributed by atoms with Crippen molar-refractivity contribution in [2.45, 2.75) is 38.3 Å². The number of Topliss-reactive ketones (excluding diaryl/α,β-unsaturated/α-hetero) is 1. The number of hydrogen-bond donors (Lipinski definition) is 3. The van der Waals surface area contributed by atoms with Crippen LogP contribution >= 0.6 is 0 Å². The predicted octanol–water partition coefficient (Wildman–Crippen LogP) is 2.18. The Hall–Kier alpha value is -3.14. The number of hydrogen-bond acceptors (Lipinski definition) is 9. The summed E-state index contributed by atoms with van der Waals surface area (Å²) in [5, 5.41) is 28.6. The summed E-state index contributed by atoms with van der Waals surface area (Å²) in [6, 6.07) is 8.55. The number of rotatable bonds is 8. The van der Waals surface area contributed by atoms with E-state index in [1.54, 1.807) is 18.2 Å². The highest BCUT2D eigenvalue weighted by atomic mass is 16.9. The molecule has 0 aliphatic heterocycles. The summed E-state index contributed by atoms with van der Waals surface area (Å²) in [5.74, 6) is -0.506. The highest BCUT2D eigenvalue weighted by Crippen LogP contribution is 2.49. The maximum Gasteiger partial charge on any atom is 0.453 e. The molecule has 33 heavy (non-hydrogen) atoms. The molecule has 9 heteroatoms. The van der Waals surface area contributed by atoms with Gasteiger partial charge in [0.25, 0.3) is 0 Å². The van der Waals surface area contributed by atoms with Crippen LogP contribution in [0.2, 0.25) is 0 Å². The quantitative estimate of drug-likeness (QED) is 0.402. The topological polar surface area (TPSA) is 132 Å². The first-order chi connectivity index (χ1) is 15.7. The van der Waals surface area contributed by atoms with Crippen LogP contribution in [0, 0.1) is 5.41 Å². The molecule has 2 aliphatic rings. The van der Waals surface area contributed by atoms with E-state index in [2.05, 4.69) is 0 Å². The van der Waals surface area contributed by atoms with Crippen molar-refractivity contribution in [2.75, 3.05) is 20.8 Å². The van der Waals surface area contributed by atoms with Crippen LogP contribution in [-0.2, 0) is 16.0 Å². The third kappa shape index (κ3) is 4.27. The zero-order chi connectivity index (χ0) is 23.8. The lowest BCUT2D eigenvalue weighted by Crippen LogP contribution is -2.44. The molecule has 2 aromatic rings. The first-order valence-corrected chi connectivity index (χ1v) is 10.6. The highest BCUT2D eigenvalue weighted by molar-refractivity contribution is 6.02. The third-order valence-corrected chi connectivity index (χ3v) is 6.33. The van der Waals surface area contributed by atoms with Crippen molar-refractivity contribution in [3.05, 3.63) is 41.5 Å². The van der Waals surface area contributed by atoms with Gasteiger partial charge in [-0.15, -0.1) is 0 Å². The van der Waals surface area contributed by atoms with Crippen LogP contribution in [0.3, 0.4) is 0 Å². The molecular weight excluding hydrogens is 432 g/mol. The van der Waals surface area contributed by atoms with Crippen molar-refractivity contribution in [3.8, 4) is 28.4 Å². The van der Waals surface area contributed by atoms with Gasteiger partial charge in [-0.3, -0.25) is 9.59 Å². The molecule has 176 valence electrons. The number of ether oxygens (including phenoxy) is 4. The molecule has 0 bridgehead atoms. The summed E-state index contributed by atoms with van der Waals surface area (Å²) < 4.78 is 21.3. The average Bonchev–Trinajstić information content (AvgIpc) is 3.13. The van der Waals surface area contributed by atoms with Gasteiger partial charge in [-0.2, -0.15) is 0 Å². The number of ketones is 1. The van der Waals surface area contributed by atoms with Crippen molar-refractivity contribution in [2.24, 2.45) is 5.41 Å². The van der Waals surface area contributed by atoms with Gasteiger partial charge in [-0.1, -0.05) is 24.6 Å². The Bertz CT molecular complexity index is 1080. The minimum Gasteiger partial charge on any atom is -0.493 e. The zero-order valence-corrected chi connectivity index (χ0v) is 18.4. The van der Waals surface area contributed by atoms with Gasteiger partial charge in [0, 0.05) is 17.5 Å². The second kappa shape index (κ2) is 8.66. The van der Waals surface area contributed by atoms with Gasteiger partial charge in [0.15, 0.2) is 17.3 Å². The van der Waals surface area contributed by atoms with Gasteiger partial charge in [-0.25, -0.2) is 0 Å². The fourth-order valence-electron chi connectivity index (χ4n) is 4.48. The predicted molar refractivity (Wildman–Crippen MR) is 115 cm³/mol. The third-order valence-electron chi connectivity index (χ3n) is 6.33. The summed E-state index contributed by atoms with van der Waals surface area (Å²) >= 11 is 0. The van der Waals surface area contributed by atoms with E-state index in [0.29, 0.717) is 42.4 Å². The first kappa shape index (κ1) is 23.0. The minimum atomic E-state index is -3.50. The van der Waals surface area contributed by atoms with Crippen molar-refractivity contribution in [3.63, 3.8) is 0 Å². The van der Waals surface area contributed by atoms with E-state index >= 15 is 0 Å². The summed E-state index contributed by atoms with van der Waals surface area (Å²) in [6.45, 7) is -0.0561. The molecule has 0 saturated heterocycles. The number of esters is 1. The molecule has 0 aromatic heterocycles. The molecule has 1 saturated carbocycles. The number of methoxy groups -OCH3 is 2. The fourth-order valence-corrected chi connectivity index (χ4v) is 4.48. The van der Waals surface area contributed by atoms with Crippen LogP contribution in [0.1, 0.15) is 41.6 Å². The standard InChI is InChI=1S/C24H26O9/c1-30-19-10-8-17(14-5-3-6-16-15(14)7-9-18(16)25)20(21(19)33-24(27,28)29)32-13-23(11-4-12-23)22(26)31-2/h3,5-6,8,10,27-29H,4,7,9,11-13H2,1-2H3. The molecule has 1 fully saturated rings. The molecular formula is C24H26O9. The lowest BCUT2D eigenvalue weighted by Gasteiger charge is -2.38. The molecule has 0 spiro atoms. The fraction of sp³-hybridized carbons (Fsp3) is 0.417. The highest BCUT2D eigenvalue weighted by Gasteiger charge is 2.46. The minimum absolute atomic E-state index is 0.0403. The average molecular weight is 458 g/mol. The summed E-state index contributed by atoms with van der Waals surface area (Å²) in [6.07, 6.45) is -0.575. The number of fused-ring (bicyclic) bond motifs is 1. The van der Waals surface area contributed by atoms with E-state index in [9.17, 15) is 24.9 Å². The Morgan fingerprint density at radius 2 is 1.73 bits per heavy atom. The summed E-state index contributed by atoms with van der Waals surface area (Å²) in [5.41, 5.74) is 1.79. The molecule has 0 radical (unpaired) electrons. The van der Waals surface area contributed by atoms with Crippen LogP contribution in [0.4, 0.5) is 0 Å². The van der Waals surface area contributed by atoms with Crippen molar-refractivity contribution >= 4 is 11.8 Å². The van der Waals surface area contributed by atoms with E-state index in [-0.39, 0.29) is 29.6 Å². The maximum atomic E-state index is 12.4. The van der Waals surface area contributed by atoms with Crippen molar-refractivity contribution < 1.29 is 43.9 Å². The molecule has 0 atom stereocenters. The van der Waals surface area contributed by atoms with Crippen LogP contribution in [-0.4, -0.2) is 54.1 Å². The zero-order valence-electron chi connectivity index (χ0n) is 18.4.